The van der Waals surface area contributed by atoms with E-state index in [0.29, 0.717) is 12.4 Å². The van der Waals surface area contributed by atoms with Crippen LogP contribution in [0.3, 0.4) is 0 Å². The van der Waals surface area contributed by atoms with E-state index in [9.17, 15) is 22.2 Å². The summed E-state index contributed by atoms with van der Waals surface area (Å²) in [4.78, 5) is 13.2. The maximum atomic E-state index is 13.4. The molecule has 1 aromatic heterocycles. The van der Waals surface area contributed by atoms with E-state index in [2.05, 4.69) is 15.5 Å². The number of anilines is 1. The number of hydrogen-bond donors (Lipinski definition) is 2. The smallest absolute Gasteiger partial charge is 0.435 e. The van der Waals surface area contributed by atoms with Crippen molar-refractivity contribution < 1.29 is 31.6 Å². The van der Waals surface area contributed by atoms with Gasteiger partial charge >= 0.3 is 6.18 Å². The number of ether oxygens (including phenoxy) is 2. The number of nitrogens with zero attached hydrogens (tertiary/aromatic N) is 2. The molecule has 1 atom stereocenters. The van der Waals surface area contributed by atoms with E-state index < -0.39 is 44.5 Å². The molecule has 2 N–H and O–H groups in total. The van der Waals surface area contributed by atoms with Crippen LogP contribution >= 0.6 is 0 Å². The number of alkyl halides is 3. The molecule has 1 unspecified atom stereocenters. The van der Waals surface area contributed by atoms with Crippen molar-refractivity contribution in [1.29, 1.82) is 4.78 Å². The molecule has 0 aliphatic rings. The highest BCUT2D eigenvalue weighted by atomic mass is 32.2. The molecule has 2 aromatic carbocycles. The van der Waals surface area contributed by atoms with Crippen LogP contribution in [-0.4, -0.2) is 33.2 Å². The van der Waals surface area contributed by atoms with Gasteiger partial charge in [-0.1, -0.05) is 6.07 Å². The maximum Gasteiger partial charge on any atom is 0.435 e. The quantitative estimate of drug-likeness (QED) is 0.462. The highest BCUT2D eigenvalue weighted by Crippen LogP contribution is 2.35. The fourth-order valence-electron chi connectivity index (χ4n) is 3.00. The molecule has 0 bridgehead atoms. The van der Waals surface area contributed by atoms with Gasteiger partial charge in [0.25, 0.3) is 11.8 Å². The molecule has 0 radical (unpaired) electrons. The Balaban J connectivity index is 2.01. The number of nitrogens with one attached hydrogen (secondary N) is 2. The van der Waals surface area contributed by atoms with E-state index in [4.69, 9.17) is 14.3 Å². The predicted molar refractivity (Wildman–Crippen MR) is 119 cm³/mol. The van der Waals surface area contributed by atoms with Crippen molar-refractivity contribution in [3.8, 4) is 17.4 Å². The molecule has 180 valence electrons. The number of halogens is 3. The molecule has 1 heterocycles. The zero-order valence-electron chi connectivity index (χ0n) is 18.4. The van der Waals surface area contributed by atoms with Gasteiger partial charge in [0.05, 0.1) is 16.3 Å². The highest BCUT2D eigenvalue weighted by Gasteiger charge is 2.38. The van der Waals surface area contributed by atoms with Crippen LogP contribution in [0.1, 0.15) is 28.5 Å². The van der Waals surface area contributed by atoms with Crippen molar-refractivity contribution in [2.45, 2.75) is 24.9 Å². The van der Waals surface area contributed by atoms with E-state index in [1.54, 1.807) is 12.1 Å². The molecule has 0 spiro atoms. The molecular weight excluding hydrogens is 473 g/mol. The lowest BCUT2D eigenvalue weighted by Crippen LogP contribution is -2.21. The lowest BCUT2D eigenvalue weighted by atomic mass is 10.1. The van der Waals surface area contributed by atoms with Gasteiger partial charge in [-0.3, -0.25) is 4.79 Å². The zero-order chi connectivity index (χ0) is 25.1. The van der Waals surface area contributed by atoms with E-state index >= 15 is 0 Å². The second kappa shape index (κ2) is 9.67. The maximum absolute atomic E-state index is 13.4. The van der Waals surface area contributed by atoms with Crippen molar-refractivity contribution in [2.75, 3.05) is 18.2 Å². The fourth-order valence-corrected chi connectivity index (χ4v) is 3.69. The summed E-state index contributed by atoms with van der Waals surface area (Å²) < 4.78 is 70.9. The number of carbonyl (C=O) groups is 1. The van der Waals surface area contributed by atoms with Gasteiger partial charge in [0, 0.05) is 16.8 Å². The van der Waals surface area contributed by atoms with Crippen LogP contribution < -0.4 is 14.8 Å². The van der Waals surface area contributed by atoms with Gasteiger partial charge in [0.1, 0.15) is 17.1 Å². The number of carbonyl (C=O) groups excluding carboxylic acids is 1. The molecule has 1 amide bonds. The summed E-state index contributed by atoms with van der Waals surface area (Å²) in [5, 5.41) is 9.20. The van der Waals surface area contributed by atoms with E-state index in [-0.39, 0.29) is 16.3 Å². The Morgan fingerprint density at radius 2 is 1.76 bits per heavy atom. The first kappa shape index (κ1) is 25.0. The van der Waals surface area contributed by atoms with E-state index in [1.165, 1.54) is 42.7 Å². The van der Waals surface area contributed by atoms with Crippen LogP contribution in [0.15, 0.2) is 53.4 Å². The third-order valence-electron chi connectivity index (χ3n) is 4.57. The summed E-state index contributed by atoms with van der Waals surface area (Å²) in [6, 6.07) is 11.9. The molecule has 0 fully saturated rings. The third kappa shape index (κ3) is 5.81. The largest absolute Gasteiger partial charge is 0.494 e. The lowest BCUT2D eigenvalue weighted by Gasteiger charge is -2.16. The fraction of sp³-hybridized carbons (Fsp3) is 0.227. The lowest BCUT2D eigenvalue weighted by molar-refractivity contribution is -0.142. The average molecular weight is 494 g/mol. The second-order valence-corrected chi connectivity index (χ2v) is 9.34. The Hall–Kier alpha value is -3.67. The minimum Gasteiger partial charge on any atom is -0.494 e. The van der Waals surface area contributed by atoms with Gasteiger partial charge in [-0.05, 0) is 61.9 Å². The van der Waals surface area contributed by atoms with Crippen molar-refractivity contribution in [3.63, 3.8) is 0 Å². The number of hydrogen-bond acceptors (Lipinski definition) is 7. The Morgan fingerprint density at radius 3 is 2.35 bits per heavy atom. The first-order valence-corrected chi connectivity index (χ1v) is 11.9. The van der Waals surface area contributed by atoms with Crippen LogP contribution in [0.4, 0.5) is 18.9 Å². The molecule has 3 aromatic rings. The van der Waals surface area contributed by atoms with Gasteiger partial charge < -0.3 is 14.8 Å². The van der Waals surface area contributed by atoms with E-state index in [0.717, 1.165) is 6.92 Å². The molecule has 0 aliphatic heterocycles. The summed E-state index contributed by atoms with van der Waals surface area (Å²) >= 11 is 0. The normalized spacial score (nSPS) is 13.1. The van der Waals surface area contributed by atoms with Crippen LogP contribution in [0.25, 0.3) is 0 Å². The Kier molecular flexibility index (Phi) is 7.10. The van der Waals surface area contributed by atoms with Crippen LogP contribution in [0.5, 0.6) is 17.4 Å². The zero-order valence-corrected chi connectivity index (χ0v) is 19.2. The number of rotatable bonds is 7. The Bertz CT molecular complexity index is 1310. The molecule has 0 aliphatic carbocycles. The molecule has 34 heavy (non-hydrogen) atoms. The van der Waals surface area contributed by atoms with Gasteiger partial charge in [-0.25, -0.2) is 8.99 Å². The SMILES string of the molecule is CCOc1ccc(Oc2nnc(C(F)(F)F)c(C)c2C(=O)Nc2cccc(S(C)(=N)=O)c2)cc1. The summed E-state index contributed by atoms with van der Waals surface area (Å²) in [6.07, 6.45) is -3.63. The minimum absolute atomic E-state index is 0.140. The Morgan fingerprint density at radius 1 is 1.12 bits per heavy atom. The van der Waals surface area contributed by atoms with Gasteiger partial charge in [0.15, 0.2) is 5.69 Å². The molecule has 3 rings (SSSR count). The molecular formula is C22H21F3N4O4S. The number of amides is 1. The molecule has 0 saturated heterocycles. The first-order valence-electron chi connectivity index (χ1n) is 9.90. The Labute approximate surface area is 194 Å². The average Bonchev–Trinajstić information content (AvgIpc) is 2.74. The third-order valence-corrected chi connectivity index (χ3v) is 5.72. The minimum atomic E-state index is -4.84. The second-order valence-electron chi connectivity index (χ2n) is 7.18. The predicted octanol–water partition coefficient (Wildman–Crippen LogP) is 5.28. The summed E-state index contributed by atoms with van der Waals surface area (Å²) in [5.41, 5.74) is -2.13. The molecule has 8 nitrogen and oxygen atoms in total. The molecule has 12 heteroatoms. The standard InChI is InChI=1S/C22H21F3N4O4S/c1-4-32-15-8-10-16(11-9-15)33-21-18(13(2)19(28-29-21)22(23,24)25)20(30)27-14-6-5-7-17(12-14)34(3,26)31/h5-12,26H,4H2,1-3H3,(H,27,30). The van der Waals surface area contributed by atoms with E-state index in [1.807, 2.05) is 6.92 Å². The van der Waals surface area contributed by atoms with Gasteiger partial charge in [0.2, 0.25) is 0 Å². The van der Waals surface area contributed by atoms with Crippen molar-refractivity contribution in [1.82, 2.24) is 10.2 Å². The van der Waals surface area contributed by atoms with Crippen LogP contribution in [0.2, 0.25) is 0 Å². The summed E-state index contributed by atoms with van der Waals surface area (Å²) in [7, 11) is -3.07. The first-order chi connectivity index (χ1) is 15.9. The van der Waals surface area contributed by atoms with Gasteiger partial charge in [-0.15, -0.1) is 10.2 Å². The van der Waals surface area contributed by atoms with Gasteiger partial charge in [-0.2, -0.15) is 13.2 Å². The highest BCUT2D eigenvalue weighted by molar-refractivity contribution is 7.91. The van der Waals surface area contributed by atoms with Crippen molar-refractivity contribution in [2.24, 2.45) is 0 Å². The molecule has 0 saturated carbocycles. The van der Waals surface area contributed by atoms with Crippen LogP contribution in [0, 0.1) is 11.7 Å². The van der Waals surface area contributed by atoms with Crippen LogP contribution in [-0.2, 0) is 15.9 Å². The monoisotopic (exact) mass is 494 g/mol. The number of benzene rings is 2. The summed E-state index contributed by atoms with van der Waals surface area (Å²) in [6.45, 7) is 3.35. The topological polar surface area (TPSA) is 114 Å². The number of aromatic nitrogens is 2. The van der Waals surface area contributed by atoms with Crippen molar-refractivity contribution in [3.05, 3.63) is 65.4 Å². The summed E-state index contributed by atoms with van der Waals surface area (Å²) in [5.74, 6) is -0.608. The van der Waals surface area contributed by atoms with Crippen molar-refractivity contribution >= 4 is 21.3 Å².